The number of aromatic nitrogens is 2. The number of methoxy groups -OCH3 is 1. The molecule has 0 radical (unpaired) electrons. The SMILES string of the molecule is COCC(=O)Nc1ccc(N2C(=S)N[C@H](c3ccccn3)[C@@H]2c2cccn2C[C@H]2CCCO2)cc1Cl. The van der Waals surface area contributed by atoms with Crippen LogP contribution in [0, 0.1) is 0 Å². The molecule has 1 amide bonds. The second-order valence-electron chi connectivity index (χ2n) is 8.86. The van der Waals surface area contributed by atoms with Crippen molar-refractivity contribution < 1.29 is 14.3 Å². The van der Waals surface area contributed by atoms with Gasteiger partial charge in [0.1, 0.15) is 12.6 Å². The minimum atomic E-state index is -0.273. The van der Waals surface area contributed by atoms with Gasteiger partial charge in [0.25, 0.3) is 0 Å². The third-order valence-electron chi connectivity index (χ3n) is 6.47. The van der Waals surface area contributed by atoms with Crippen LogP contribution in [-0.4, -0.2) is 47.0 Å². The zero-order valence-electron chi connectivity index (χ0n) is 19.9. The normalized spacial score (nSPS) is 21.6. The van der Waals surface area contributed by atoms with Crippen molar-refractivity contribution in [2.24, 2.45) is 0 Å². The highest BCUT2D eigenvalue weighted by Crippen LogP contribution is 2.43. The molecule has 5 rings (SSSR count). The van der Waals surface area contributed by atoms with Crippen LogP contribution in [0.15, 0.2) is 60.9 Å². The summed E-state index contributed by atoms with van der Waals surface area (Å²) in [5.41, 5.74) is 3.32. The summed E-state index contributed by atoms with van der Waals surface area (Å²) in [5, 5.41) is 7.24. The van der Waals surface area contributed by atoms with Crippen LogP contribution in [0.1, 0.15) is 36.3 Å². The van der Waals surface area contributed by atoms with E-state index in [1.54, 1.807) is 12.3 Å². The second kappa shape index (κ2) is 11.0. The minimum Gasteiger partial charge on any atom is -0.376 e. The second-order valence-corrected chi connectivity index (χ2v) is 9.66. The molecule has 0 saturated carbocycles. The highest BCUT2D eigenvalue weighted by molar-refractivity contribution is 7.80. The lowest BCUT2D eigenvalue weighted by atomic mass is 10.0. The molecule has 3 atom stereocenters. The van der Waals surface area contributed by atoms with E-state index in [1.807, 2.05) is 30.3 Å². The molecule has 0 unspecified atom stereocenters. The number of benzene rings is 1. The van der Waals surface area contributed by atoms with Gasteiger partial charge in [0, 0.05) is 44.0 Å². The van der Waals surface area contributed by atoms with E-state index >= 15 is 0 Å². The molecule has 1 aromatic carbocycles. The fraction of sp³-hybridized carbons (Fsp3) is 0.346. The number of rotatable bonds is 8. The number of hydrogen-bond donors (Lipinski definition) is 2. The molecule has 8 nitrogen and oxygen atoms in total. The van der Waals surface area contributed by atoms with E-state index in [1.165, 1.54) is 7.11 Å². The third kappa shape index (κ3) is 5.10. The van der Waals surface area contributed by atoms with Gasteiger partial charge in [-0.1, -0.05) is 17.7 Å². The average Bonchev–Trinajstić information content (AvgIpc) is 3.62. The van der Waals surface area contributed by atoms with E-state index in [0.29, 0.717) is 15.8 Å². The van der Waals surface area contributed by atoms with Gasteiger partial charge in [0.2, 0.25) is 5.91 Å². The van der Waals surface area contributed by atoms with Gasteiger partial charge in [-0.25, -0.2) is 0 Å². The van der Waals surface area contributed by atoms with Crippen molar-refractivity contribution in [2.75, 3.05) is 30.5 Å². The summed E-state index contributed by atoms with van der Waals surface area (Å²) in [6.45, 7) is 1.54. The molecule has 0 spiro atoms. The third-order valence-corrected chi connectivity index (χ3v) is 7.10. The molecule has 2 N–H and O–H groups in total. The predicted molar refractivity (Wildman–Crippen MR) is 143 cm³/mol. The number of pyridine rings is 1. The minimum absolute atomic E-state index is 0.0479. The molecule has 2 aromatic heterocycles. The molecular formula is C26H28ClN5O3S. The van der Waals surface area contributed by atoms with Crippen molar-refractivity contribution in [1.29, 1.82) is 0 Å². The van der Waals surface area contributed by atoms with Crippen molar-refractivity contribution >= 4 is 46.2 Å². The first-order valence-electron chi connectivity index (χ1n) is 11.9. The summed E-state index contributed by atoms with van der Waals surface area (Å²) in [4.78, 5) is 18.7. The molecule has 3 aromatic rings. The van der Waals surface area contributed by atoms with Crippen LogP contribution in [0.4, 0.5) is 11.4 Å². The van der Waals surface area contributed by atoms with E-state index in [2.05, 4.69) is 43.4 Å². The first kappa shape index (κ1) is 24.7. The van der Waals surface area contributed by atoms with E-state index in [9.17, 15) is 4.79 Å². The standard InChI is InChI=1S/C26H28ClN5O3S/c1-34-16-23(33)29-20-10-9-17(14-19(20)27)32-25(24(30-26(32)36)21-7-2-3-11-28-21)22-8-4-12-31(22)15-18-6-5-13-35-18/h2-4,7-12,14,18,24-25H,5-6,13,15-16H2,1H3,(H,29,33)(H,30,36)/t18-,24-,25+/m1/s1. The van der Waals surface area contributed by atoms with Gasteiger partial charge >= 0.3 is 0 Å². The molecule has 4 heterocycles. The van der Waals surface area contributed by atoms with Crippen molar-refractivity contribution in [2.45, 2.75) is 37.6 Å². The van der Waals surface area contributed by atoms with Crippen molar-refractivity contribution in [3.63, 3.8) is 0 Å². The van der Waals surface area contributed by atoms with Crippen molar-refractivity contribution in [3.8, 4) is 0 Å². The van der Waals surface area contributed by atoms with Crippen LogP contribution in [0.2, 0.25) is 5.02 Å². The van der Waals surface area contributed by atoms with Crippen LogP contribution in [-0.2, 0) is 20.8 Å². The van der Waals surface area contributed by atoms with Crippen molar-refractivity contribution in [3.05, 3.63) is 77.3 Å². The summed E-state index contributed by atoms with van der Waals surface area (Å²) in [6, 6.07) is 15.2. The molecule has 188 valence electrons. The Morgan fingerprint density at radius 1 is 1.31 bits per heavy atom. The lowest BCUT2D eigenvalue weighted by Crippen LogP contribution is -2.31. The fourth-order valence-electron chi connectivity index (χ4n) is 4.88. The summed E-state index contributed by atoms with van der Waals surface area (Å²) in [5.74, 6) is -0.273. The maximum Gasteiger partial charge on any atom is 0.250 e. The van der Waals surface area contributed by atoms with Crippen LogP contribution in [0.5, 0.6) is 0 Å². The van der Waals surface area contributed by atoms with Gasteiger partial charge in [0.05, 0.1) is 28.5 Å². The van der Waals surface area contributed by atoms with Crippen LogP contribution < -0.4 is 15.5 Å². The quantitative estimate of drug-likeness (QED) is 0.420. The van der Waals surface area contributed by atoms with E-state index in [-0.39, 0.29) is 30.7 Å². The number of thiocarbonyl (C=S) groups is 1. The Bertz CT molecular complexity index is 1230. The fourth-order valence-corrected chi connectivity index (χ4v) is 5.44. The summed E-state index contributed by atoms with van der Waals surface area (Å²) >= 11 is 12.4. The van der Waals surface area contributed by atoms with Crippen molar-refractivity contribution in [1.82, 2.24) is 14.9 Å². The van der Waals surface area contributed by atoms with E-state index in [0.717, 1.165) is 43.1 Å². The Morgan fingerprint density at radius 3 is 2.92 bits per heavy atom. The van der Waals surface area contributed by atoms with Gasteiger partial charge in [0.15, 0.2) is 5.11 Å². The van der Waals surface area contributed by atoms with Crippen LogP contribution in [0.3, 0.4) is 0 Å². The molecule has 0 bridgehead atoms. The molecule has 2 aliphatic heterocycles. The number of amides is 1. The number of nitrogens with one attached hydrogen (secondary N) is 2. The number of halogens is 1. The number of nitrogens with zero attached hydrogens (tertiary/aromatic N) is 3. The highest BCUT2D eigenvalue weighted by atomic mass is 35.5. The van der Waals surface area contributed by atoms with Gasteiger partial charge in [-0.2, -0.15) is 0 Å². The van der Waals surface area contributed by atoms with Gasteiger partial charge in [-0.05, 0) is 67.5 Å². The number of carbonyl (C=O) groups is 1. The molecule has 2 fully saturated rings. The number of carbonyl (C=O) groups excluding carboxylic acids is 1. The number of anilines is 2. The highest BCUT2D eigenvalue weighted by Gasteiger charge is 2.42. The van der Waals surface area contributed by atoms with E-state index < -0.39 is 0 Å². The Labute approximate surface area is 220 Å². The number of ether oxygens (including phenoxy) is 2. The van der Waals surface area contributed by atoms with Gasteiger partial charge in [-0.15, -0.1) is 0 Å². The Kier molecular flexibility index (Phi) is 7.52. The molecule has 10 heteroatoms. The molecule has 2 saturated heterocycles. The van der Waals surface area contributed by atoms with Crippen LogP contribution in [0.25, 0.3) is 0 Å². The molecule has 0 aliphatic carbocycles. The smallest absolute Gasteiger partial charge is 0.250 e. The Hall–Kier alpha value is -2.98. The Balaban J connectivity index is 1.51. The zero-order chi connectivity index (χ0) is 25.1. The number of hydrogen-bond acceptors (Lipinski definition) is 5. The largest absolute Gasteiger partial charge is 0.376 e. The van der Waals surface area contributed by atoms with Gasteiger partial charge < -0.3 is 29.6 Å². The lowest BCUT2D eigenvalue weighted by Gasteiger charge is -2.29. The van der Waals surface area contributed by atoms with Gasteiger partial charge in [-0.3, -0.25) is 9.78 Å². The Morgan fingerprint density at radius 2 is 2.19 bits per heavy atom. The summed E-state index contributed by atoms with van der Waals surface area (Å²) in [7, 11) is 1.47. The first-order valence-corrected chi connectivity index (χ1v) is 12.7. The predicted octanol–water partition coefficient (Wildman–Crippen LogP) is 4.48. The first-order chi connectivity index (χ1) is 17.5. The topological polar surface area (TPSA) is 80.7 Å². The molecule has 36 heavy (non-hydrogen) atoms. The van der Waals surface area contributed by atoms with E-state index in [4.69, 9.17) is 33.3 Å². The monoisotopic (exact) mass is 525 g/mol. The zero-order valence-corrected chi connectivity index (χ0v) is 21.5. The lowest BCUT2D eigenvalue weighted by molar-refractivity contribution is -0.119. The maximum atomic E-state index is 12.0. The summed E-state index contributed by atoms with van der Waals surface area (Å²) in [6.07, 6.45) is 6.22. The molecular weight excluding hydrogens is 498 g/mol. The molecule has 2 aliphatic rings. The summed E-state index contributed by atoms with van der Waals surface area (Å²) < 4.78 is 13.1. The maximum absolute atomic E-state index is 12.0. The average molecular weight is 526 g/mol. The van der Waals surface area contributed by atoms with Crippen LogP contribution >= 0.6 is 23.8 Å².